The van der Waals surface area contributed by atoms with Gasteiger partial charge in [-0.25, -0.2) is 4.98 Å². The highest BCUT2D eigenvalue weighted by atomic mass is 32.1. The SMILES string of the molecule is c1csc(N2CCC(N[C@@H]3CCC[C@H]4OCC[C@H]34)CC2)n1. The molecular formula is C16H25N3OS. The van der Waals surface area contributed by atoms with E-state index in [0.717, 1.165) is 25.6 Å². The van der Waals surface area contributed by atoms with Gasteiger partial charge in [0.2, 0.25) is 0 Å². The smallest absolute Gasteiger partial charge is 0.185 e. The number of rotatable bonds is 3. The van der Waals surface area contributed by atoms with Gasteiger partial charge >= 0.3 is 0 Å². The van der Waals surface area contributed by atoms with E-state index in [2.05, 4.69) is 20.6 Å². The molecule has 0 radical (unpaired) electrons. The summed E-state index contributed by atoms with van der Waals surface area (Å²) in [6, 6.07) is 1.38. The first-order valence-electron chi connectivity index (χ1n) is 8.42. The lowest BCUT2D eigenvalue weighted by Crippen LogP contribution is -2.51. The van der Waals surface area contributed by atoms with Crippen LogP contribution in [0.15, 0.2) is 11.6 Å². The van der Waals surface area contributed by atoms with Crippen molar-refractivity contribution >= 4 is 16.5 Å². The van der Waals surface area contributed by atoms with Gasteiger partial charge in [0.05, 0.1) is 6.10 Å². The predicted molar refractivity (Wildman–Crippen MR) is 86.0 cm³/mol. The molecule has 0 bridgehead atoms. The van der Waals surface area contributed by atoms with Crippen LogP contribution in [0.25, 0.3) is 0 Å². The van der Waals surface area contributed by atoms with Gasteiger partial charge < -0.3 is 15.0 Å². The van der Waals surface area contributed by atoms with Crippen molar-refractivity contribution in [1.82, 2.24) is 10.3 Å². The Morgan fingerprint density at radius 3 is 2.90 bits per heavy atom. The van der Waals surface area contributed by atoms with Gasteiger partial charge in [-0.1, -0.05) is 0 Å². The Kier molecular flexibility index (Phi) is 4.14. The van der Waals surface area contributed by atoms with Crippen LogP contribution in [0.3, 0.4) is 0 Å². The highest BCUT2D eigenvalue weighted by Crippen LogP contribution is 2.35. The lowest BCUT2D eigenvalue weighted by molar-refractivity contribution is 0.0504. The fourth-order valence-corrected chi connectivity index (χ4v) is 4.99. The molecule has 3 fully saturated rings. The van der Waals surface area contributed by atoms with Crippen LogP contribution in [0.4, 0.5) is 5.13 Å². The van der Waals surface area contributed by atoms with Crippen molar-refractivity contribution in [2.45, 2.75) is 56.7 Å². The van der Waals surface area contributed by atoms with Crippen LogP contribution in [0.1, 0.15) is 38.5 Å². The van der Waals surface area contributed by atoms with Gasteiger partial charge in [0.1, 0.15) is 0 Å². The highest BCUT2D eigenvalue weighted by molar-refractivity contribution is 7.13. The van der Waals surface area contributed by atoms with E-state index in [1.165, 1.54) is 43.7 Å². The Labute approximate surface area is 130 Å². The molecular weight excluding hydrogens is 282 g/mol. The molecule has 1 aromatic heterocycles. The maximum absolute atomic E-state index is 5.89. The summed E-state index contributed by atoms with van der Waals surface area (Å²) < 4.78 is 5.89. The van der Waals surface area contributed by atoms with E-state index in [9.17, 15) is 0 Å². The van der Waals surface area contributed by atoms with Crippen molar-refractivity contribution in [3.8, 4) is 0 Å². The molecule has 1 aromatic rings. The molecule has 1 aliphatic carbocycles. The standard InChI is InChI=1S/C16H25N3OS/c1-2-14(13-6-10-20-15(13)3-1)18-12-4-8-19(9-5-12)16-17-7-11-21-16/h7,11-15,18H,1-6,8-10H2/t13-,14-,15-/m1/s1. The molecule has 4 rings (SSSR count). The lowest BCUT2D eigenvalue weighted by atomic mass is 9.81. The molecule has 2 aliphatic heterocycles. The molecule has 5 heteroatoms. The third-order valence-electron chi connectivity index (χ3n) is 5.42. The van der Waals surface area contributed by atoms with E-state index in [4.69, 9.17) is 4.74 Å². The van der Waals surface area contributed by atoms with Crippen LogP contribution < -0.4 is 10.2 Å². The second-order valence-electron chi connectivity index (χ2n) is 6.64. The quantitative estimate of drug-likeness (QED) is 0.931. The van der Waals surface area contributed by atoms with Crippen molar-refractivity contribution in [2.75, 3.05) is 24.6 Å². The van der Waals surface area contributed by atoms with Crippen molar-refractivity contribution < 1.29 is 4.74 Å². The number of hydrogen-bond acceptors (Lipinski definition) is 5. The minimum absolute atomic E-state index is 0.548. The highest BCUT2D eigenvalue weighted by Gasteiger charge is 2.38. The zero-order valence-corrected chi connectivity index (χ0v) is 13.4. The Hall–Kier alpha value is -0.650. The van der Waals surface area contributed by atoms with Gasteiger partial charge in [-0.05, 0) is 38.5 Å². The normalized spacial score (nSPS) is 34.1. The number of nitrogens with zero attached hydrogens (tertiary/aromatic N) is 2. The summed E-state index contributed by atoms with van der Waals surface area (Å²) in [5, 5.41) is 7.23. The Balaban J connectivity index is 1.30. The van der Waals surface area contributed by atoms with E-state index in [1.807, 2.05) is 6.20 Å². The molecule has 21 heavy (non-hydrogen) atoms. The maximum atomic E-state index is 5.89. The monoisotopic (exact) mass is 307 g/mol. The first kappa shape index (κ1) is 14.0. The van der Waals surface area contributed by atoms with Crippen molar-refractivity contribution in [3.05, 3.63) is 11.6 Å². The van der Waals surface area contributed by atoms with Crippen molar-refractivity contribution in [1.29, 1.82) is 0 Å². The molecule has 3 heterocycles. The van der Waals surface area contributed by atoms with Crippen LogP contribution in [-0.4, -0.2) is 42.9 Å². The average Bonchev–Trinajstić information content (AvgIpc) is 3.20. The number of piperidine rings is 1. The zero-order chi connectivity index (χ0) is 14.1. The summed E-state index contributed by atoms with van der Waals surface area (Å²) in [4.78, 5) is 6.87. The number of hydrogen-bond donors (Lipinski definition) is 1. The number of anilines is 1. The number of nitrogens with one attached hydrogen (secondary N) is 1. The van der Waals surface area contributed by atoms with Crippen LogP contribution in [0, 0.1) is 5.92 Å². The van der Waals surface area contributed by atoms with Crippen LogP contribution in [0.5, 0.6) is 0 Å². The summed E-state index contributed by atoms with van der Waals surface area (Å²) in [5.41, 5.74) is 0. The van der Waals surface area contributed by atoms with Gasteiger partial charge in [0.15, 0.2) is 5.13 Å². The van der Waals surface area contributed by atoms with Crippen LogP contribution >= 0.6 is 11.3 Å². The van der Waals surface area contributed by atoms with E-state index in [1.54, 1.807) is 11.3 Å². The molecule has 1 N–H and O–H groups in total. The zero-order valence-electron chi connectivity index (χ0n) is 12.5. The first-order chi connectivity index (χ1) is 10.4. The fourth-order valence-electron chi connectivity index (χ4n) is 4.29. The molecule has 1 saturated carbocycles. The summed E-state index contributed by atoms with van der Waals surface area (Å²) in [6.07, 6.45) is 10.2. The average molecular weight is 307 g/mol. The van der Waals surface area contributed by atoms with E-state index < -0.39 is 0 Å². The topological polar surface area (TPSA) is 37.4 Å². The van der Waals surface area contributed by atoms with E-state index >= 15 is 0 Å². The van der Waals surface area contributed by atoms with Crippen LogP contribution in [-0.2, 0) is 4.74 Å². The van der Waals surface area contributed by atoms with Gasteiger partial charge in [-0.3, -0.25) is 0 Å². The molecule has 0 unspecified atom stereocenters. The van der Waals surface area contributed by atoms with E-state index in [-0.39, 0.29) is 0 Å². The molecule has 0 aromatic carbocycles. The molecule has 4 nitrogen and oxygen atoms in total. The molecule has 3 aliphatic rings. The molecule has 0 spiro atoms. The number of fused-ring (bicyclic) bond motifs is 1. The summed E-state index contributed by atoms with van der Waals surface area (Å²) in [7, 11) is 0. The minimum atomic E-state index is 0.548. The summed E-state index contributed by atoms with van der Waals surface area (Å²) in [5.74, 6) is 0.774. The maximum Gasteiger partial charge on any atom is 0.185 e. The second-order valence-corrected chi connectivity index (χ2v) is 7.51. The number of thiazole rings is 1. The van der Waals surface area contributed by atoms with Crippen LogP contribution in [0.2, 0.25) is 0 Å². The van der Waals surface area contributed by atoms with Gasteiger partial charge in [-0.15, -0.1) is 11.3 Å². The largest absolute Gasteiger partial charge is 0.378 e. The molecule has 2 saturated heterocycles. The number of aromatic nitrogens is 1. The third-order valence-corrected chi connectivity index (χ3v) is 6.25. The molecule has 3 atom stereocenters. The van der Waals surface area contributed by atoms with Gasteiger partial charge in [0.25, 0.3) is 0 Å². The summed E-state index contributed by atoms with van der Waals surface area (Å²) in [6.45, 7) is 3.26. The van der Waals surface area contributed by atoms with Gasteiger partial charge in [-0.2, -0.15) is 0 Å². The first-order valence-corrected chi connectivity index (χ1v) is 9.30. The third kappa shape index (κ3) is 2.96. The van der Waals surface area contributed by atoms with Crippen molar-refractivity contribution in [2.24, 2.45) is 5.92 Å². The minimum Gasteiger partial charge on any atom is -0.378 e. The fraction of sp³-hybridized carbons (Fsp3) is 0.812. The van der Waals surface area contributed by atoms with Gasteiger partial charge in [0, 0.05) is 49.3 Å². The Morgan fingerprint density at radius 2 is 2.10 bits per heavy atom. The second kappa shape index (κ2) is 6.23. The number of ether oxygens (including phenoxy) is 1. The van der Waals surface area contributed by atoms with Crippen molar-refractivity contribution in [3.63, 3.8) is 0 Å². The van der Waals surface area contributed by atoms with E-state index in [0.29, 0.717) is 18.2 Å². The summed E-state index contributed by atoms with van der Waals surface area (Å²) >= 11 is 1.76. The lowest BCUT2D eigenvalue weighted by Gasteiger charge is -2.39. The Bertz CT molecular complexity index is 444. The molecule has 0 amide bonds. The Morgan fingerprint density at radius 1 is 1.19 bits per heavy atom. The predicted octanol–water partition coefficient (Wildman–Crippen LogP) is 2.66. The molecule has 116 valence electrons.